The Bertz CT molecular complexity index is 710. The first-order valence-corrected chi connectivity index (χ1v) is 9.69. The highest BCUT2D eigenvalue weighted by atomic mass is 35.5. The van der Waals surface area contributed by atoms with Crippen LogP contribution < -0.4 is 5.32 Å². The molecule has 1 aromatic heterocycles. The molecule has 0 aliphatic carbocycles. The highest BCUT2D eigenvalue weighted by Gasteiger charge is 2.32. The summed E-state index contributed by atoms with van der Waals surface area (Å²) in [6.07, 6.45) is 5.39. The number of alkyl halides is 3. The van der Waals surface area contributed by atoms with E-state index in [0.29, 0.717) is 11.5 Å². The number of unbranched alkanes of at least 4 members (excludes halogenated alkanes) is 7. The first-order valence-electron chi connectivity index (χ1n) is 9.31. The number of hydrogen-bond acceptors (Lipinski definition) is 2. The SMILES string of the molecule is CCCCCCCCCCNc1nc2cc(C(F)(F)F)cc(Cl)c2n1C. The number of fused-ring (bicyclic) bond motifs is 1. The van der Waals surface area contributed by atoms with Gasteiger partial charge in [0.15, 0.2) is 0 Å². The Morgan fingerprint density at radius 1 is 1.04 bits per heavy atom. The fraction of sp³-hybridized carbons (Fsp3) is 0.632. The van der Waals surface area contributed by atoms with E-state index in [1.165, 1.54) is 38.5 Å². The zero-order chi connectivity index (χ0) is 19.2. The Kier molecular flexibility index (Phi) is 7.62. The van der Waals surface area contributed by atoms with Crippen molar-refractivity contribution in [3.63, 3.8) is 0 Å². The van der Waals surface area contributed by atoms with E-state index in [9.17, 15) is 13.2 Å². The third-order valence-electron chi connectivity index (χ3n) is 4.56. The molecular weight excluding hydrogens is 363 g/mol. The normalized spacial score (nSPS) is 12.1. The molecule has 26 heavy (non-hydrogen) atoms. The van der Waals surface area contributed by atoms with Gasteiger partial charge >= 0.3 is 6.18 Å². The monoisotopic (exact) mass is 389 g/mol. The van der Waals surface area contributed by atoms with Crippen LogP contribution in [0.4, 0.5) is 19.1 Å². The molecule has 0 unspecified atom stereocenters. The zero-order valence-electron chi connectivity index (χ0n) is 15.4. The molecule has 0 fully saturated rings. The molecular formula is C19H27ClF3N3. The van der Waals surface area contributed by atoms with Gasteiger partial charge in [-0.3, -0.25) is 0 Å². The molecule has 0 saturated heterocycles. The number of hydrogen-bond donors (Lipinski definition) is 1. The van der Waals surface area contributed by atoms with Gasteiger partial charge in [0.2, 0.25) is 5.95 Å². The second-order valence-corrected chi connectivity index (χ2v) is 7.13. The molecule has 2 aromatic rings. The predicted octanol–water partition coefficient (Wildman–Crippen LogP) is 6.80. The molecule has 7 heteroatoms. The van der Waals surface area contributed by atoms with Crippen molar-refractivity contribution in [3.05, 3.63) is 22.7 Å². The lowest BCUT2D eigenvalue weighted by molar-refractivity contribution is -0.137. The van der Waals surface area contributed by atoms with E-state index < -0.39 is 11.7 Å². The Morgan fingerprint density at radius 2 is 1.65 bits per heavy atom. The minimum Gasteiger partial charge on any atom is -0.356 e. The van der Waals surface area contributed by atoms with Gasteiger partial charge in [0, 0.05) is 13.6 Å². The molecule has 0 aliphatic heterocycles. The Labute approximate surface area is 157 Å². The maximum atomic E-state index is 12.9. The Hall–Kier alpha value is -1.43. The quantitative estimate of drug-likeness (QED) is 0.453. The molecule has 1 N–H and O–H groups in total. The summed E-state index contributed by atoms with van der Waals surface area (Å²) in [6.45, 7) is 2.96. The predicted molar refractivity (Wildman–Crippen MR) is 102 cm³/mol. The van der Waals surface area contributed by atoms with Crippen molar-refractivity contribution < 1.29 is 13.2 Å². The standard InChI is InChI=1S/C19H27ClF3N3/c1-3-4-5-6-7-8-9-10-11-24-18-25-16-13-14(19(21,22)23)12-15(20)17(16)26(18)2/h12-13H,3-11H2,1-2H3,(H,24,25). The maximum Gasteiger partial charge on any atom is 0.416 e. The molecule has 0 aliphatic rings. The van der Waals surface area contributed by atoms with Crippen LogP contribution in [0.2, 0.25) is 5.02 Å². The molecule has 0 spiro atoms. The van der Waals surface area contributed by atoms with Crippen LogP contribution in [0.15, 0.2) is 12.1 Å². The van der Waals surface area contributed by atoms with Crippen molar-refractivity contribution in [2.75, 3.05) is 11.9 Å². The van der Waals surface area contributed by atoms with Crippen molar-refractivity contribution in [1.82, 2.24) is 9.55 Å². The van der Waals surface area contributed by atoms with Crippen LogP contribution in [-0.4, -0.2) is 16.1 Å². The lowest BCUT2D eigenvalue weighted by Gasteiger charge is -2.08. The van der Waals surface area contributed by atoms with E-state index in [-0.39, 0.29) is 10.5 Å². The molecule has 0 radical (unpaired) electrons. The third-order valence-corrected chi connectivity index (χ3v) is 4.85. The number of halogens is 4. The van der Waals surface area contributed by atoms with E-state index in [1.54, 1.807) is 11.6 Å². The van der Waals surface area contributed by atoms with Crippen LogP contribution in [0.25, 0.3) is 11.0 Å². The van der Waals surface area contributed by atoms with Crippen molar-refractivity contribution in [3.8, 4) is 0 Å². The van der Waals surface area contributed by atoms with Gasteiger partial charge in [0.25, 0.3) is 0 Å². The second kappa shape index (κ2) is 9.49. The van der Waals surface area contributed by atoms with Gasteiger partial charge in [-0.25, -0.2) is 4.98 Å². The lowest BCUT2D eigenvalue weighted by atomic mass is 10.1. The highest BCUT2D eigenvalue weighted by Crippen LogP contribution is 2.35. The van der Waals surface area contributed by atoms with Gasteiger partial charge < -0.3 is 9.88 Å². The number of anilines is 1. The number of aryl methyl sites for hydroxylation is 1. The Morgan fingerprint density at radius 3 is 2.27 bits per heavy atom. The molecule has 146 valence electrons. The van der Waals surface area contributed by atoms with Crippen LogP contribution >= 0.6 is 11.6 Å². The van der Waals surface area contributed by atoms with Crippen LogP contribution in [-0.2, 0) is 13.2 Å². The largest absolute Gasteiger partial charge is 0.416 e. The average molecular weight is 390 g/mol. The molecule has 0 amide bonds. The molecule has 3 nitrogen and oxygen atoms in total. The van der Waals surface area contributed by atoms with Crippen LogP contribution in [0.5, 0.6) is 0 Å². The maximum absolute atomic E-state index is 12.9. The van der Waals surface area contributed by atoms with Gasteiger partial charge in [-0.2, -0.15) is 13.2 Å². The fourth-order valence-electron chi connectivity index (χ4n) is 3.08. The second-order valence-electron chi connectivity index (χ2n) is 6.72. The molecule has 1 heterocycles. The van der Waals surface area contributed by atoms with Gasteiger partial charge in [-0.15, -0.1) is 0 Å². The molecule has 0 atom stereocenters. The molecule has 2 rings (SSSR count). The number of rotatable bonds is 10. The smallest absolute Gasteiger partial charge is 0.356 e. The molecule has 1 aromatic carbocycles. The summed E-state index contributed by atoms with van der Waals surface area (Å²) in [4.78, 5) is 4.28. The van der Waals surface area contributed by atoms with E-state index in [1.807, 2.05) is 0 Å². The van der Waals surface area contributed by atoms with Crippen molar-refractivity contribution in [2.24, 2.45) is 7.05 Å². The minimum atomic E-state index is -4.43. The first-order chi connectivity index (χ1) is 12.3. The number of nitrogens with one attached hydrogen (secondary N) is 1. The summed E-state index contributed by atoms with van der Waals surface area (Å²) >= 11 is 6.05. The van der Waals surface area contributed by atoms with E-state index in [4.69, 9.17) is 11.6 Å². The van der Waals surface area contributed by atoms with E-state index >= 15 is 0 Å². The van der Waals surface area contributed by atoms with Gasteiger partial charge in [0.05, 0.1) is 21.6 Å². The average Bonchev–Trinajstić information content (AvgIpc) is 2.89. The summed E-state index contributed by atoms with van der Waals surface area (Å²) in [5, 5.41) is 3.27. The fourth-order valence-corrected chi connectivity index (χ4v) is 3.42. The van der Waals surface area contributed by atoms with Gasteiger partial charge in [-0.1, -0.05) is 63.5 Å². The van der Waals surface area contributed by atoms with Gasteiger partial charge in [0.1, 0.15) is 0 Å². The molecule has 0 saturated carbocycles. The highest BCUT2D eigenvalue weighted by molar-refractivity contribution is 6.35. The Balaban J connectivity index is 1.88. The number of nitrogens with zero attached hydrogens (tertiary/aromatic N) is 2. The van der Waals surface area contributed by atoms with Crippen molar-refractivity contribution in [1.29, 1.82) is 0 Å². The number of aromatic nitrogens is 2. The summed E-state index contributed by atoms with van der Waals surface area (Å²) < 4.78 is 40.5. The van der Waals surface area contributed by atoms with E-state index in [2.05, 4.69) is 17.2 Å². The number of imidazole rings is 1. The topological polar surface area (TPSA) is 29.9 Å². The van der Waals surface area contributed by atoms with Crippen LogP contribution in [0, 0.1) is 0 Å². The van der Waals surface area contributed by atoms with Crippen molar-refractivity contribution in [2.45, 2.75) is 64.5 Å². The number of benzene rings is 1. The lowest BCUT2D eigenvalue weighted by Crippen LogP contribution is -2.06. The van der Waals surface area contributed by atoms with Crippen LogP contribution in [0.3, 0.4) is 0 Å². The minimum absolute atomic E-state index is 0.0601. The van der Waals surface area contributed by atoms with E-state index in [0.717, 1.165) is 31.5 Å². The first kappa shape index (κ1) is 20.9. The van der Waals surface area contributed by atoms with Gasteiger partial charge in [-0.05, 0) is 18.6 Å². The summed E-state index contributed by atoms with van der Waals surface area (Å²) in [5.41, 5.74) is -0.00781. The third kappa shape index (κ3) is 5.53. The summed E-state index contributed by atoms with van der Waals surface area (Å²) in [7, 11) is 1.75. The molecule has 0 bridgehead atoms. The van der Waals surface area contributed by atoms with Crippen molar-refractivity contribution >= 4 is 28.6 Å². The summed E-state index contributed by atoms with van der Waals surface area (Å²) in [5.74, 6) is 0.546. The summed E-state index contributed by atoms with van der Waals surface area (Å²) in [6, 6.07) is 2.00. The van der Waals surface area contributed by atoms with Crippen LogP contribution in [0.1, 0.15) is 63.9 Å². The zero-order valence-corrected chi connectivity index (χ0v) is 16.2.